The molecule has 0 saturated carbocycles. The number of benzene rings is 2. The molecule has 0 aliphatic carbocycles. The van der Waals surface area contributed by atoms with Crippen LogP contribution in [0.3, 0.4) is 0 Å². The lowest BCUT2D eigenvalue weighted by Crippen LogP contribution is -2.03. The summed E-state index contributed by atoms with van der Waals surface area (Å²) in [6.45, 7) is 4.14. The van der Waals surface area contributed by atoms with Crippen LogP contribution in [0.25, 0.3) is 22.4 Å². The van der Waals surface area contributed by atoms with Gasteiger partial charge in [0.05, 0.1) is 16.6 Å². The number of phenolic OH excluding ortho intramolecular Hbond substituents is 1. The van der Waals surface area contributed by atoms with Crippen LogP contribution in [0.5, 0.6) is 5.75 Å². The SMILES string of the molecule is CC(C)n1c(-c2ccc(Cl)cc2O)nc2ccc(Cl)cc21. The van der Waals surface area contributed by atoms with E-state index in [1.165, 1.54) is 6.07 Å². The van der Waals surface area contributed by atoms with E-state index in [0.717, 1.165) is 11.0 Å². The topological polar surface area (TPSA) is 38.0 Å². The van der Waals surface area contributed by atoms with Crippen molar-refractivity contribution < 1.29 is 5.11 Å². The quantitative estimate of drug-likeness (QED) is 0.696. The lowest BCUT2D eigenvalue weighted by molar-refractivity contribution is 0.476. The molecule has 3 aromatic rings. The highest BCUT2D eigenvalue weighted by atomic mass is 35.5. The number of aromatic hydroxyl groups is 1. The fraction of sp³-hybridized carbons (Fsp3) is 0.188. The van der Waals surface area contributed by atoms with Crippen molar-refractivity contribution in [1.82, 2.24) is 9.55 Å². The Kier molecular flexibility index (Phi) is 3.56. The van der Waals surface area contributed by atoms with Crippen LogP contribution in [-0.4, -0.2) is 14.7 Å². The van der Waals surface area contributed by atoms with Gasteiger partial charge in [-0.25, -0.2) is 4.98 Å². The first-order valence-corrected chi connectivity index (χ1v) is 7.39. The lowest BCUT2D eigenvalue weighted by Gasteiger charge is -2.14. The molecule has 108 valence electrons. The summed E-state index contributed by atoms with van der Waals surface area (Å²) in [5, 5.41) is 11.3. The van der Waals surface area contributed by atoms with Crippen LogP contribution in [0.2, 0.25) is 10.0 Å². The molecule has 0 radical (unpaired) electrons. The van der Waals surface area contributed by atoms with E-state index in [9.17, 15) is 5.11 Å². The normalized spacial score (nSPS) is 11.5. The largest absolute Gasteiger partial charge is 0.507 e. The average molecular weight is 321 g/mol. The number of hydrogen-bond acceptors (Lipinski definition) is 2. The van der Waals surface area contributed by atoms with Crippen molar-refractivity contribution in [2.45, 2.75) is 19.9 Å². The molecule has 0 aliphatic rings. The summed E-state index contributed by atoms with van der Waals surface area (Å²) >= 11 is 12.0. The Morgan fingerprint density at radius 3 is 2.38 bits per heavy atom. The maximum Gasteiger partial charge on any atom is 0.145 e. The van der Waals surface area contributed by atoms with Crippen molar-refractivity contribution in [1.29, 1.82) is 0 Å². The third-order valence-electron chi connectivity index (χ3n) is 3.37. The van der Waals surface area contributed by atoms with E-state index in [-0.39, 0.29) is 11.8 Å². The number of aromatic nitrogens is 2. The van der Waals surface area contributed by atoms with E-state index < -0.39 is 0 Å². The minimum Gasteiger partial charge on any atom is -0.507 e. The Balaban J connectivity index is 2.34. The standard InChI is InChI=1S/C16H14Cl2N2O/c1-9(2)20-14-7-10(17)4-6-13(14)19-16(20)12-5-3-11(18)8-15(12)21/h3-9,21H,1-2H3. The van der Waals surface area contributed by atoms with Gasteiger partial charge in [-0.15, -0.1) is 0 Å². The number of imidazole rings is 1. The van der Waals surface area contributed by atoms with Crippen LogP contribution < -0.4 is 0 Å². The fourth-order valence-electron chi connectivity index (χ4n) is 2.47. The van der Waals surface area contributed by atoms with Gasteiger partial charge in [-0.1, -0.05) is 23.2 Å². The summed E-state index contributed by atoms with van der Waals surface area (Å²) in [7, 11) is 0. The van der Waals surface area contributed by atoms with Gasteiger partial charge in [0, 0.05) is 16.1 Å². The summed E-state index contributed by atoms with van der Waals surface area (Å²) in [5.41, 5.74) is 2.44. The summed E-state index contributed by atoms with van der Waals surface area (Å²) in [4.78, 5) is 4.64. The molecule has 0 amide bonds. The molecular weight excluding hydrogens is 307 g/mol. The zero-order valence-corrected chi connectivity index (χ0v) is 13.2. The molecule has 1 aromatic heterocycles. The van der Waals surface area contributed by atoms with Crippen molar-refractivity contribution >= 4 is 34.2 Å². The van der Waals surface area contributed by atoms with E-state index in [2.05, 4.69) is 23.4 Å². The highest BCUT2D eigenvalue weighted by Crippen LogP contribution is 2.35. The maximum absolute atomic E-state index is 10.2. The lowest BCUT2D eigenvalue weighted by atomic mass is 10.2. The van der Waals surface area contributed by atoms with Crippen molar-refractivity contribution in [2.75, 3.05) is 0 Å². The number of fused-ring (bicyclic) bond motifs is 1. The van der Waals surface area contributed by atoms with Crippen LogP contribution in [0, 0.1) is 0 Å². The highest BCUT2D eigenvalue weighted by molar-refractivity contribution is 6.31. The molecule has 0 saturated heterocycles. The number of phenols is 1. The molecule has 0 fully saturated rings. The Labute approximate surface area is 132 Å². The summed E-state index contributed by atoms with van der Waals surface area (Å²) in [5.74, 6) is 0.822. The molecule has 1 heterocycles. The van der Waals surface area contributed by atoms with Gasteiger partial charge in [-0.05, 0) is 50.2 Å². The first-order valence-electron chi connectivity index (χ1n) is 6.63. The van der Waals surface area contributed by atoms with Crippen LogP contribution in [0.15, 0.2) is 36.4 Å². The second kappa shape index (κ2) is 5.24. The van der Waals surface area contributed by atoms with Crippen LogP contribution in [0.4, 0.5) is 0 Å². The van der Waals surface area contributed by atoms with Crippen molar-refractivity contribution in [3.8, 4) is 17.1 Å². The molecule has 0 unspecified atom stereocenters. The molecule has 5 heteroatoms. The van der Waals surface area contributed by atoms with E-state index in [1.807, 2.05) is 18.2 Å². The molecule has 2 aromatic carbocycles. The summed E-state index contributed by atoms with van der Waals surface area (Å²) in [6, 6.07) is 10.8. The summed E-state index contributed by atoms with van der Waals surface area (Å²) in [6.07, 6.45) is 0. The van der Waals surface area contributed by atoms with Gasteiger partial charge in [0.2, 0.25) is 0 Å². The monoisotopic (exact) mass is 320 g/mol. The summed E-state index contributed by atoms with van der Waals surface area (Å²) < 4.78 is 2.06. The zero-order valence-electron chi connectivity index (χ0n) is 11.6. The van der Waals surface area contributed by atoms with Crippen molar-refractivity contribution in [2.24, 2.45) is 0 Å². The van der Waals surface area contributed by atoms with Gasteiger partial charge in [0.1, 0.15) is 11.6 Å². The van der Waals surface area contributed by atoms with Gasteiger partial charge < -0.3 is 9.67 Å². The van der Waals surface area contributed by atoms with Gasteiger partial charge in [-0.3, -0.25) is 0 Å². The number of halogens is 2. The molecule has 0 bridgehead atoms. The third kappa shape index (κ3) is 2.47. The van der Waals surface area contributed by atoms with Gasteiger partial charge in [0.15, 0.2) is 0 Å². The highest BCUT2D eigenvalue weighted by Gasteiger charge is 2.17. The van der Waals surface area contributed by atoms with Crippen molar-refractivity contribution in [3.63, 3.8) is 0 Å². The second-order valence-electron chi connectivity index (χ2n) is 5.19. The van der Waals surface area contributed by atoms with Crippen LogP contribution in [-0.2, 0) is 0 Å². The van der Waals surface area contributed by atoms with E-state index in [1.54, 1.807) is 12.1 Å². The molecule has 21 heavy (non-hydrogen) atoms. The maximum atomic E-state index is 10.2. The Hall–Kier alpha value is -1.71. The Morgan fingerprint density at radius 2 is 1.71 bits per heavy atom. The molecular formula is C16H14Cl2N2O. The molecule has 3 rings (SSSR count). The minimum atomic E-state index is 0.116. The Bertz CT molecular complexity index is 825. The smallest absolute Gasteiger partial charge is 0.145 e. The molecule has 3 nitrogen and oxygen atoms in total. The average Bonchev–Trinajstić information content (AvgIpc) is 2.76. The molecule has 0 atom stereocenters. The molecule has 1 N–H and O–H groups in total. The fourth-order valence-corrected chi connectivity index (χ4v) is 2.81. The predicted octanol–water partition coefficient (Wildman–Crippen LogP) is 5.30. The van der Waals surface area contributed by atoms with Crippen molar-refractivity contribution in [3.05, 3.63) is 46.4 Å². The van der Waals surface area contributed by atoms with Crippen LogP contribution in [0.1, 0.15) is 19.9 Å². The van der Waals surface area contributed by atoms with E-state index in [4.69, 9.17) is 23.2 Å². The van der Waals surface area contributed by atoms with Gasteiger partial charge >= 0.3 is 0 Å². The second-order valence-corrected chi connectivity index (χ2v) is 6.07. The van der Waals surface area contributed by atoms with Gasteiger partial charge in [-0.2, -0.15) is 0 Å². The molecule has 0 aliphatic heterocycles. The predicted molar refractivity (Wildman–Crippen MR) is 87.2 cm³/mol. The number of nitrogens with zero attached hydrogens (tertiary/aromatic N) is 2. The van der Waals surface area contributed by atoms with Gasteiger partial charge in [0.25, 0.3) is 0 Å². The molecule has 0 spiro atoms. The first-order chi connectivity index (χ1) is 9.97. The minimum absolute atomic E-state index is 0.116. The Morgan fingerprint density at radius 1 is 1.05 bits per heavy atom. The number of rotatable bonds is 2. The van der Waals surface area contributed by atoms with Crippen LogP contribution >= 0.6 is 23.2 Å². The third-order valence-corrected chi connectivity index (χ3v) is 3.84. The number of hydrogen-bond donors (Lipinski definition) is 1. The zero-order chi connectivity index (χ0) is 15.1. The van der Waals surface area contributed by atoms with E-state index >= 15 is 0 Å². The van der Waals surface area contributed by atoms with E-state index in [0.29, 0.717) is 21.4 Å². The first kappa shape index (κ1) is 14.2.